The fourth-order valence-corrected chi connectivity index (χ4v) is 1.39. The molecule has 1 aromatic carbocycles. The van der Waals surface area contributed by atoms with E-state index in [9.17, 15) is 4.79 Å². The lowest BCUT2D eigenvalue weighted by Gasteiger charge is -2.09. The first-order chi connectivity index (χ1) is 7.13. The van der Waals surface area contributed by atoms with Crippen molar-refractivity contribution in [2.24, 2.45) is 0 Å². The molecular weight excluding hydrogens is 212 g/mol. The van der Waals surface area contributed by atoms with Crippen molar-refractivity contribution in [1.82, 2.24) is 5.32 Å². The molecule has 0 radical (unpaired) electrons. The first-order valence-electron chi connectivity index (χ1n) is 4.84. The van der Waals surface area contributed by atoms with Gasteiger partial charge in [-0.25, -0.2) is 0 Å². The van der Waals surface area contributed by atoms with E-state index in [1.807, 2.05) is 25.1 Å². The van der Waals surface area contributed by atoms with Gasteiger partial charge in [0, 0.05) is 30.7 Å². The Hall–Kier alpha value is -1.22. The molecule has 0 fully saturated rings. The molecule has 1 rings (SSSR count). The quantitative estimate of drug-likeness (QED) is 0.827. The van der Waals surface area contributed by atoms with Crippen LogP contribution in [0.15, 0.2) is 18.2 Å². The monoisotopic (exact) mass is 226 g/mol. The Kier molecular flexibility index (Phi) is 4.43. The number of hydrogen-bond donors (Lipinski definition) is 2. The van der Waals surface area contributed by atoms with Crippen molar-refractivity contribution in [2.75, 3.05) is 18.9 Å². The maximum absolute atomic E-state index is 11.0. The van der Waals surface area contributed by atoms with Crippen LogP contribution in [-0.4, -0.2) is 19.5 Å². The van der Waals surface area contributed by atoms with Gasteiger partial charge in [-0.3, -0.25) is 4.79 Å². The van der Waals surface area contributed by atoms with Gasteiger partial charge in [0.2, 0.25) is 5.91 Å². The Labute approximate surface area is 94.8 Å². The summed E-state index contributed by atoms with van der Waals surface area (Å²) in [6.07, 6.45) is 0.461. The van der Waals surface area contributed by atoms with Crippen LogP contribution in [0.5, 0.6) is 0 Å². The first-order valence-corrected chi connectivity index (χ1v) is 5.22. The van der Waals surface area contributed by atoms with Gasteiger partial charge >= 0.3 is 0 Å². The summed E-state index contributed by atoms with van der Waals surface area (Å²) in [7, 11) is 1.63. The number of benzene rings is 1. The number of hydrogen-bond acceptors (Lipinski definition) is 2. The minimum atomic E-state index is 0.0298. The molecule has 0 heterocycles. The molecular formula is C11H15ClN2O. The number of carbonyl (C=O) groups is 1. The van der Waals surface area contributed by atoms with E-state index < -0.39 is 0 Å². The lowest BCUT2D eigenvalue weighted by Crippen LogP contribution is -2.20. The number of halogens is 1. The molecule has 0 atom stereocenters. The van der Waals surface area contributed by atoms with E-state index in [1.165, 1.54) is 0 Å². The summed E-state index contributed by atoms with van der Waals surface area (Å²) in [6.45, 7) is 2.61. The van der Waals surface area contributed by atoms with Crippen molar-refractivity contribution < 1.29 is 4.79 Å². The van der Waals surface area contributed by atoms with E-state index in [-0.39, 0.29) is 5.91 Å². The van der Waals surface area contributed by atoms with Crippen molar-refractivity contribution >= 4 is 23.2 Å². The molecule has 1 aromatic rings. The molecule has 0 spiro atoms. The van der Waals surface area contributed by atoms with Gasteiger partial charge in [0.25, 0.3) is 0 Å². The van der Waals surface area contributed by atoms with Gasteiger partial charge in [-0.15, -0.1) is 0 Å². The van der Waals surface area contributed by atoms with E-state index in [0.717, 1.165) is 11.3 Å². The molecule has 0 bridgehead atoms. The predicted octanol–water partition coefficient (Wildman–Crippen LogP) is 2.20. The standard InChI is InChI=1S/C11H15ClN2O/c1-8-3-4-9(12)7-10(8)14-6-5-11(15)13-2/h3-4,7,14H,5-6H2,1-2H3,(H,13,15). The van der Waals surface area contributed by atoms with E-state index in [4.69, 9.17) is 11.6 Å². The number of nitrogens with one attached hydrogen (secondary N) is 2. The molecule has 82 valence electrons. The van der Waals surface area contributed by atoms with Gasteiger partial charge in [-0.1, -0.05) is 17.7 Å². The van der Waals surface area contributed by atoms with Crippen LogP contribution in [0, 0.1) is 6.92 Å². The van der Waals surface area contributed by atoms with Crippen LogP contribution >= 0.6 is 11.6 Å². The molecule has 0 aliphatic heterocycles. The van der Waals surface area contributed by atoms with Crippen LogP contribution in [-0.2, 0) is 4.79 Å². The third kappa shape index (κ3) is 3.80. The van der Waals surface area contributed by atoms with E-state index >= 15 is 0 Å². The lowest BCUT2D eigenvalue weighted by molar-refractivity contribution is -0.120. The molecule has 0 aliphatic rings. The number of carbonyl (C=O) groups excluding carboxylic acids is 1. The zero-order valence-electron chi connectivity index (χ0n) is 8.93. The third-order valence-electron chi connectivity index (χ3n) is 2.15. The molecule has 1 amide bonds. The fourth-order valence-electron chi connectivity index (χ4n) is 1.22. The minimum absolute atomic E-state index is 0.0298. The van der Waals surface area contributed by atoms with Crippen LogP contribution in [0.1, 0.15) is 12.0 Å². The predicted molar refractivity (Wildman–Crippen MR) is 63.4 cm³/mol. The van der Waals surface area contributed by atoms with E-state index in [1.54, 1.807) is 7.05 Å². The average molecular weight is 227 g/mol. The Morgan fingerprint density at radius 3 is 2.87 bits per heavy atom. The molecule has 4 heteroatoms. The Morgan fingerprint density at radius 1 is 1.47 bits per heavy atom. The van der Waals surface area contributed by atoms with Gasteiger partial charge < -0.3 is 10.6 Å². The highest BCUT2D eigenvalue weighted by Gasteiger charge is 2.00. The summed E-state index contributed by atoms with van der Waals surface area (Å²) >= 11 is 5.87. The van der Waals surface area contributed by atoms with Crippen LogP contribution in [0.4, 0.5) is 5.69 Å². The molecule has 0 aromatic heterocycles. The van der Waals surface area contributed by atoms with E-state index in [0.29, 0.717) is 18.0 Å². The largest absolute Gasteiger partial charge is 0.384 e. The van der Waals surface area contributed by atoms with E-state index in [2.05, 4.69) is 10.6 Å². The summed E-state index contributed by atoms with van der Waals surface area (Å²) in [6, 6.07) is 5.66. The highest BCUT2D eigenvalue weighted by atomic mass is 35.5. The Bertz CT molecular complexity index is 352. The van der Waals surface area contributed by atoms with Gasteiger partial charge in [-0.05, 0) is 24.6 Å². The number of anilines is 1. The summed E-state index contributed by atoms with van der Waals surface area (Å²) in [5, 5.41) is 6.44. The molecule has 0 unspecified atom stereocenters. The summed E-state index contributed by atoms with van der Waals surface area (Å²) in [4.78, 5) is 11.0. The second-order valence-corrected chi connectivity index (χ2v) is 3.75. The zero-order valence-corrected chi connectivity index (χ0v) is 9.69. The molecule has 0 aliphatic carbocycles. The number of amides is 1. The van der Waals surface area contributed by atoms with Crippen molar-refractivity contribution in [1.29, 1.82) is 0 Å². The van der Waals surface area contributed by atoms with Crippen molar-refractivity contribution in [2.45, 2.75) is 13.3 Å². The maximum Gasteiger partial charge on any atom is 0.221 e. The second kappa shape index (κ2) is 5.61. The fraction of sp³-hybridized carbons (Fsp3) is 0.364. The van der Waals surface area contributed by atoms with Gasteiger partial charge in [0.15, 0.2) is 0 Å². The molecule has 0 saturated carbocycles. The summed E-state index contributed by atoms with van der Waals surface area (Å²) in [5.41, 5.74) is 2.10. The summed E-state index contributed by atoms with van der Waals surface area (Å²) in [5.74, 6) is 0.0298. The highest BCUT2D eigenvalue weighted by molar-refractivity contribution is 6.30. The van der Waals surface area contributed by atoms with Gasteiger partial charge in [0.05, 0.1) is 0 Å². The maximum atomic E-state index is 11.0. The number of aryl methyl sites for hydroxylation is 1. The SMILES string of the molecule is CNC(=O)CCNc1cc(Cl)ccc1C. The van der Waals surface area contributed by atoms with Crippen LogP contribution < -0.4 is 10.6 Å². The average Bonchev–Trinajstić information content (AvgIpc) is 2.23. The number of rotatable bonds is 4. The van der Waals surface area contributed by atoms with Crippen LogP contribution in [0.3, 0.4) is 0 Å². The second-order valence-electron chi connectivity index (χ2n) is 3.31. The Morgan fingerprint density at radius 2 is 2.20 bits per heavy atom. The Balaban J connectivity index is 2.50. The molecule has 3 nitrogen and oxygen atoms in total. The summed E-state index contributed by atoms with van der Waals surface area (Å²) < 4.78 is 0. The molecule has 2 N–H and O–H groups in total. The van der Waals surface area contributed by atoms with Crippen molar-refractivity contribution in [3.63, 3.8) is 0 Å². The van der Waals surface area contributed by atoms with Crippen LogP contribution in [0.25, 0.3) is 0 Å². The smallest absolute Gasteiger partial charge is 0.221 e. The molecule has 0 saturated heterocycles. The van der Waals surface area contributed by atoms with Gasteiger partial charge in [-0.2, -0.15) is 0 Å². The topological polar surface area (TPSA) is 41.1 Å². The highest BCUT2D eigenvalue weighted by Crippen LogP contribution is 2.19. The van der Waals surface area contributed by atoms with Crippen molar-refractivity contribution in [3.8, 4) is 0 Å². The van der Waals surface area contributed by atoms with Crippen LogP contribution in [0.2, 0.25) is 5.02 Å². The van der Waals surface area contributed by atoms with Gasteiger partial charge in [0.1, 0.15) is 0 Å². The van der Waals surface area contributed by atoms with Crippen molar-refractivity contribution in [3.05, 3.63) is 28.8 Å². The minimum Gasteiger partial charge on any atom is -0.384 e. The lowest BCUT2D eigenvalue weighted by atomic mass is 10.2. The molecule has 15 heavy (non-hydrogen) atoms. The normalized spacial score (nSPS) is 9.80. The third-order valence-corrected chi connectivity index (χ3v) is 2.38. The first kappa shape index (κ1) is 11.9. The zero-order chi connectivity index (χ0) is 11.3.